The van der Waals surface area contributed by atoms with Crippen LogP contribution in [0.2, 0.25) is 0 Å². The predicted octanol–water partition coefficient (Wildman–Crippen LogP) is 4.08. The fraction of sp³-hybridized carbons (Fsp3) is 0.238. The average Bonchev–Trinajstić information content (AvgIpc) is 3.08. The highest BCUT2D eigenvalue weighted by atomic mass is 32.2. The van der Waals surface area contributed by atoms with Crippen LogP contribution in [0, 0.1) is 0 Å². The lowest BCUT2D eigenvalue weighted by Crippen LogP contribution is -2.17. The third-order valence-electron chi connectivity index (χ3n) is 5.04. The number of rotatable bonds is 4. The van der Waals surface area contributed by atoms with Gasteiger partial charge in [0.25, 0.3) is 0 Å². The van der Waals surface area contributed by atoms with Crippen molar-refractivity contribution in [3.63, 3.8) is 0 Å². The summed E-state index contributed by atoms with van der Waals surface area (Å²) < 4.78 is 63.0. The second-order valence-electron chi connectivity index (χ2n) is 7.30. The Kier molecular flexibility index (Phi) is 5.11. The van der Waals surface area contributed by atoms with Crippen LogP contribution >= 0.6 is 0 Å². The van der Waals surface area contributed by atoms with Crippen molar-refractivity contribution in [2.24, 2.45) is 0 Å². The molecular weight excluding hydrogens is 415 g/mol. The van der Waals surface area contributed by atoms with Crippen molar-refractivity contribution in [3.8, 4) is 11.1 Å². The number of nitrogens with zero attached hydrogens (tertiary/aromatic N) is 3. The highest BCUT2D eigenvalue weighted by molar-refractivity contribution is 7.90. The van der Waals surface area contributed by atoms with Crippen LogP contribution in [-0.2, 0) is 35.6 Å². The summed E-state index contributed by atoms with van der Waals surface area (Å²) in [4.78, 5) is 10.1. The number of pyridine rings is 2. The minimum atomic E-state index is -4.44. The average molecular weight is 433 g/mol. The number of alkyl halides is 3. The molecule has 4 rings (SSSR count). The Morgan fingerprint density at radius 3 is 2.47 bits per heavy atom. The first-order valence-electron chi connectivity index (χ1n) is 9.12. The van der Waals surface area contributed by atoms with Crippen molar-refractivity contribution in [1.82, 2.24) is 14.9 Å². The zero-order valence-corrected chi connectivity index (χ0v) is 16.8. The lowest BCUT2D eigenvalue weighted by atomic mass is 10.0. The summed E-state index contributed by atoms with van der Waals surface area (Å²) in [6, 6.07) is 9.74. The fourth-order valence-electron chi connectivity index (χ4n) is 3.58. The minimum Gasteiger partial charge on any atom is -0.289 e. The number of aromatic nitrogens is 2. The molecule has 0 bridgehead atoms. The van der Waals surface area contributed by atoms with E-state index in [9.17, 15) is 21.6 Å². The van der Waals surface area contributed by atoms with E-state index in [1.165, 1.54) is 0 Å². The molecule has 0 aliphatic carbocycles. The van der Waals surface area contributed by atoms with Crippen molar-refractivity contribution < 1.29 is 21.6 Å². The lowest BCUT2D eigenvalue weighted by molar-refractivity contribution is -0.137. The van der Waals surface area contributed by atoms with Gasteiger partial charge in [-0.2, -0.15) is 13.2 Å². The Bertz CT molecular complexity index is 1200. The smallest absolute Gasteiger partial charge is 0.289 e. The van der Waals surface area contributed by atoms with Gasteiger partial charge in [0.15, 0.2) is 9.84 Å². The molecule has 3 heterocycles. The van der Waals surface area contributed by atoms with Gasteiger partial charge in [-0.1, -0.05) is 6.07 Å². The van der Waals surface area contributed by atoms with E-state index in [4.69, 9.17) is 0 Å². The van der Waals surface area contributed by atoms with Gasteiger partial charge in [-0.3, -0.25) is 14.9 Å². The van der Waals surface area contributed by atoms with E-state index in [2.05, 4.69) is 9.97 Å². The lowest BCUT2D eigenvalue weighted by Gasteiger charge is -2.18. The number of hydrogen-bond acceptors (Lipinski definition) is 5. The zero-order chi connectivity index (χ0) is 21.5. The van der Waals surface area contributed by atoms with Gasteiger partial charge >= 0.3 is 6.18 Å². The highest BCUT2D eigenvalue weighted by Gasteiger charge is 2.33. The molecule has 0 radical (unpaired) electrons. The Morgan fingerprint density at radius 1 is 1.07 bits per heavy atom. The van der Waals surface area contributed by atoms with Gasteiger partial charge in [0, 0.05) is 44.5 Å². The van der Waals surface area contributed by atoms with Crippen molar-refractivity contribution in [1.29, 1.82) is 0 Å². The zero-order valence-electron chi connectivity index (χ0n) is 16.0. The summed E-state index contributed by atoms with van der Waals surface area (Å²) in [5, 5.41) is 0. The van der Waals surface area contributed by atoms with Gasteiger partial charge in [-0.15, -0.1) is 0 Å². The SMILES string of the molecule is CS(=O)(=O)c1ccc(-c2ccncc2)c(CN2Cc3cc(C(F)(F)F)cnc3C2)c1. The predicted molar refractivity (Wildman–Crippen MR) is 105 cm³/mol. The van der Waals surface area contributed by atoms with E-state index in [1.54, 1.807) is 30.6 Å². The maximum Gasteiger partial charge on any atom is 0.417 e. The number of sulfone groups is 1. The Morgan fingerprint density at radius 2 is 1.80 bits per heavy atom. The largest absolute Gasteiger partial charge is 0.417 e. The van der Waals surface area contributed by atoms with Crippen LogP contribution in [0.3, 0.4) is 0 Å². The van der Waals surface area contributed by atoms with E-state index in [0.717, 1.165) is 35.2 Å². The highest BCUT2D eigenvalue weighted by Crippen LogP contribution is 2.33. The molecule has 1 aromatic carbocycles. The van der Waals surface area contributed by atoms with Gasteiger partial charge in [0.05, 0.1) is 16.2 Å². The van der Waals surface area contributed by atoms with Crippen molar-refractivity contribution >= 4 is 9.84 Å². The monoisotopic (exact) mass is 433 g/mol. The molecule has 5 nitrogen and oxygen atoms in total. The normalized spacial score (nSPS) is 14.7. The summed E-state index contributed by atoms with van der Waals surface area (Å²) >= 11 is 0. The molecule has 3 aromatic rings. The maximum absolute atomic E-state index is 13.0. The molecule has 0 unspecified atom stereocenters. The van der Waals surface area contributed by atoms with Crippen molar-refractivity contribution in [3.05, 3.63) is 77.4 Å². The summed E-state index contributed by atoms with van der Waals surface area (Å²) in [5.74, 6) is 0. The van der Waals surface area contributed by atoms with Crippen LogP contribution in [0.1, 0.15) is 22.4 Å². The molecule has 1 aliphatic heterocycles. The third kappa shape index (κ3) is 4.22. The molecule has 156 valence electrons. The summed E-state index contributed by atoms with van der Waals surface area (Å²) in [5.41, 5.74) is 2.88. The first-order valence-corrected chi connectivity index (χ1v) is 11.0. The Balaban J connectivity index is 1.67. The van der Waals surface area contributed by atoms with E-state index in [1.807, 2.05) is 17.0 Å². The third-order valence-corrected chi connectivity index (χ3v) is 6.15. The summed E-state index contributed by atoms with van der Waals surface area (Å²) in [7, 11) is -3.40. The van der Waals surface area contributed by atoms with Crippen LogP contribution in [0.5, 0.6) is 0 Å². The first kappa shape index (κ1) is 20.5. The van der Waals surface area contributed by atoms with Gasteiger partial charge in [0.2, 0.25) is 0 Å². The van der Waals surface area contributed by atoms with E-state index in [-0.39, 0.29) is 4.90 Å². The van der Waals surface area contributed by atoms with E-state index >= 15 is 0 Å². The number of hydrogen-bond donors (Lipinski definition) is 0. The van der Waals surface area contributed by atoms with Crippen LogP contribution in [0.15, 0.2) is 59.9 Å². The molecule has 0 spiro atoms. The summed E-state index contributed by atoms with van der Waals surface area (Å²) in [6.07, 6.45) is 0.866. The Labute approximate surface area is 172 Å². The number of fused-ring (bicyclic) bond motifs is 1. The van der Waals surface area contributed by atoms with Crippen molar-refractivity contribution in [2.45, 2.75) is 30.7 Å². The quantitative estimate of drug-likeness (QED) is 0.621. The standard InChI is InChI=1S/C21H18F3N3O2S/c1-30(28,29)18-2-3-19(14-4-6-25-7-5-14)15(9-18)11-27-12-16-8-17(21(22,23)24)10-26-20(16)13-27/h2-10H,11-13H2,1H3. The van der Waals surface area contributed by atoms with Crippen LogP contribution in [0.4, 0.5) is 13.2 Å². The molecule has 2 aromatic heterocycles. The molecule has 0 atom stereocenters. The number of halogens is 3. The van der Waals surface area contributed by atoms with E-state index < -0.39 is 21.6 Å². The molecule has 0 fully saturated rings. The molecule has 0 saturated heterocycles. The van der Waals surface area contributed by atoms with Gasteiger partial charge < -0.3 is 0 Å². The fourth-order valence-corrected chi connectivity index (χ4v) is 4.25. The van der Waals surface area contributed by atoms with Gasteiger partial charge in [0.1, 0.15) is 0 Å². The van der Waals surface area contributed by atoms with E-state index in [0.29, 0.717) is 30.9 Å². The molecule has 30 heavy (non-hydrogen) atoms. The summed E-state index contributed by atoms with van der Waals surface area (Å²) in [6.45, 7) is 1.08. The van der Waals surface area contributed by atoms with Gasteiger partial charge in [-0.25, -0.2) is 8.42 Å². The van der Waals surface area contributed by atoms with Gasteiger partial charge in [-0.05, 0) is 52.6 Å². The minimum absolute atomic E-state index is 0.199. The van der Waals surface area contributed by atoms with Crippen LogP contribution in [-0.4, -0.2) is 29.5 Å². The molecule has 9 heteroatoms. The molecule has 0 N–H and O–H groups in total. The molecule has 0 saturated carbocycles. The molecular formula is C21H18F3N3O2S. The first-order chi connectivity index (χ1) is 14.1. The molecule has 0 amide bonds. The van der Waals surface area contributed by atoms with Crippen molar-refractivity contribution in [2.75, 3.05) is 6.26 Å². The molecule has 1 aliphatic rings. The maximum atomic E-state index is 13.0. The number of benzene rings is 1. The van der Waals surface area contributed by atoms with Crippen LogP contribution in [0.25, 0.3) is 11.1 Å². The second-order valence-corrected chi connectivity index (χ2v) is 9.32. The topological polar surface area (TPSA) is 63.2 Å². The Hall–Kier alpha value is -2.78. The van der Waals surface area contributed by atoms with Crippen LogP contribution < -0.4 is 0 Å². The second kappa shape index (κ2) is 7.48.